The third-order valence-electron chi connectivity index (χ3n) is 5.05. The molecule has 6 heteroatoms. The van der Waals surface area contributed by atoms with Crippen LogP contribution in [0.4, 0.5) is 10.2 Å². The Morgan fingerprint density at radius 3 is 2.48 bits per heavy atom. The van der Waals surface area contributed by atoms with Crippen molar-refractivity contribution in [3.63, 3.8) is 0 Å². The van der Waals surface area contributed by atoms with E-state index in [0.29, 0.717) is 30.0 Å². The van der Waals surface area contributed by atoms with Crippen LogP contribution in [0.15, 0.2) is 60.7 Å². The van der Waals surface area contributed by atoms with Crippen LogP contribution in [0.2, 0.25) is 0 Å². The third kappa shape index (κ3) is 4.59. The Labute approximate surface area is 169 Å². The zero-order chi connectivity index (χ0) is 20.1. The van der Waals surface area contributed by atoms with Crippen molar-refractivity contribution in [2.45, 2.75) is 19.3 Å². The van der Waals surface area contributed by atoms with E-state index in [9.17, 15) is 9.18 Å². The lowest BCUT2D eigenvalue weighted by molar-refractivity contribution is 0.0949. The highest BCUT2D eigenvalue weighted by Gasteiger charge is 2.19. The number of carbonyl (C=O) groups is 1. The van der Waals surface area contributed by atoms with Crippen molar-refractivity contribution in [1.82, 2.24) is 15.3 Å². The van der Waals surface area contributed by atoms with Crippen LogP contribution in [0.3, 0.4) is 0 Å². The summed E-state index contributed by atoms with van der Waals surface area (Å²) in [4.78, 5) is 24.1. The van der Waals surface area contributed by atoms with Gasteiger partial charge in [-0.1, -0.05) is 48.5 Å². The summed E-state index contributed by atoms with van der Waals surface area (Å²) in [6.45, 7) is 2.20. The second-order valence-electron chi connectivity index (χ2n) is 7.09. The van der Waals surface area contributed by atoms with Gasteiger partial charge in [-0.2, -0.15) is 0 Å². The van der Waals surface area contributed by atoms with Gasteiger partial charge in [0.15, 0.2) is 5.82 Å². The number of hydrogen-bond donors (Lipinski definition) is 1. The number of rotatable bonds is 6. The summed E-state index contributed by atoms with van der Waals surface area (Å²) in [5.41, 5.74) is 1.78. The largest absolute Gasteiger partial charge is 0.356 e. The first-order chi connectivity index (χ1) is 14.2. The smallest absolute Gasteiger partial charge is 0.270 e. The van der Waals surface area contributed by atoms with Crippen LogP contribution in [0, 0.1) is 5.82 Å². The first kappa shape index (κ1) is 19.1. The zero-order valence-corrected chi connectivity index (χ0v) is 16.1. The molecule has 0 aliphatic carbocycles. The van der Waals surface area contributed by atoms with Gasteiger partial charge >= 0.3 is 0 Å². The number of nitrogens with one attached hydrogen (secondary N) is 1. The number of benzene rings is 2. The van der Waals surface area contributed by atoms with Gasteiger partial charge < -0.3 is 10.2 Å². The van der Waals surface area contributed by atoms with Crippen molar-refractivity contribution in [3.05, 3.63) is 77.7 Å². The molecule has 0 saturated carbocycles. The molecule has 1 aliphatic heterocycles. The van der Waals surface area contributed by atoms with Gasteiger partial charge in [-0.25, -0.2) is 14.4 Å². The Balaban J connectivity index is 1.54. The van der Waals surface area contributed by atoms with Crippen molar-refractivity contribution in [2.75, 3.05) is 24.5 Å². The molecule has 1 saturated heterocycles. The molecule has 29 heavy (non-hydrogen) atoms. The molecule has 148 valence electrons. The first-order valence-electron chi connectivity index (χ1n) is 9.92. The Kier molecular flexibility index (Phi) is 5.79. The van der Waals surface area contributed by atoms with E-state index in [1.807, 2.05) is 30.3 Å². The molecule has 0 spiro atoms. The lowest BCUT2D eigenvalue weighted by atomic mass is 10.1. The number of halogens is 1. The Hall–Kier alpha value is -3.28. The zero-order valence-electron chi connectivity index (χ0n) is 16.1. The average Bonchev–Trinajstić information content (AvgIpc) is 3.30. The minimum atomic E-state index is -0.277. The standard InChI is InChI=1S/C23H23FN4O/c24-19-11-5-4-8-17(19)12-13-25-23(29)20-16-21(28-14-6-7-15-28)27-22(26-20)18-9-2-1-3-10-18/h1-5,8-11,16H,6-7,12-15H2,(H,25,29). The van der Waals surface area contributed by atoms with E-state index in [1.165, 1.54) is 6.07 Å². The predicted molar refractivity (Wildman–Crippen MR) is 111 cm³/mol. The van der Waals surface area contributed by atoms with Crippen molar-refractivity contribution in [3.8, 4) is 11.4 Å². The molecule has 1 aliphatic rings. The molecule has 1 amide bonds. The number of hydrogen-bond acceptors (Lipinski definition) is 4. The van der Waals surface area contributed by atoms with Crippen LogP contribution < -0.4 is 10.2 Å². The fourth-order valence-electron chi connectivity index (χ4n) is 3.48. The van der Waals surface area contributed by atoms with Crippen LogP contribution in [0.25, 0.3) is 11.4 Å². The summed E-state index contributed by atoms with van der Waals surface area (Å²) >= 11 is 0. The summed E-state index contributed by atoms with van der Waals surface area (Å²) in [6, 6.07) is 18.0. The molecule has 0 bridgehead atoms. The second kappa shape index (κ2) is 8.82. The minimum absolute atomic E-state index is 0.258. The summed E-state index contributed by atoms with van der Waals surface area (Å²) in [5, 5.41) is 2.86. The Bertz CT molecular complexity index is 987. The van der Waals surface area contributed by atoms with Crippen molar-refractivity contribution >= 4 is 11.7 Å². The summed E-state index contributed by atoms with van der Waals surface area (Å²) in [7, 11) is 0. The molecule has 0 atom stereocenters. The van der Waals surface area contributed by atoms with Gasteiger partial charge in [0, 0.05) is 31.3 Å². The Morgan fingerprint density at radius 2 is 1.72 bits per heavy atom. The lowest BCUT2D eigenvalue weighted by Gasteiger charge is -2.18. The van der Waals surface area contributed by atoms with E-state index in [2.05, 4.69) is 15.2 Å². The maximum atomic E-state index is 13.8. The maximum absolute atomic E-state index is 13.8. The van der Waals surface area contributed by atoms with Gasteiger partial charge in [0.2, 0.25) is 0 Å². The SMILES string of the molecule is O=C(NCCc1ccccc1F)c1cc(N2CCCC2)nc(-c2ccccc2)n1. The number of amides is 1. The quantitative estimate of drug-likeness (QED) is 0.695. The van der Waals surface area contributed by atoms with E-state index in [1.54, 1.807) is 24.3 Å². The van der Waals surface area contributed by atoms with Crippen LogP contribution in [-0.2, 0) is 6.42 Å². The molecular weight excluding hydrogens is 367 g/mol. The molecule has 1 fully saturated rings. The van der Waals surface area contributed by atoms with Gasteiger partial charge in [-0.15, -0.1) is 0 Å². The van der Waals surface area contributed by atoms with Crippen molar-refractivity contribution < 1.29 is 9.18 Å². The van der Waals surface area contributed by atoms with Gasteiger partial charge in [0.1, 0.15) is 17.3 Å². The predicted octanol–water partition coefficient (Wildman–Crippen LogP) is 3.86. The van der Waals surface area contributed by atoms with Crippen LogP contribution in [-0.4, -0.2) is 35.5 Å². The van der Waals surface area contributed by atoms with E-state index in [0.717, 1.165) is 37.3 Å². The minimum Gasteiger partial charge on any atom is -0.356 e. The fourth-order valence-corrected chi connectivity index (χ4v) is 3.48. The van der Waals surface area contributed by atoms with Gasteiger partial charge in [-0.3, -0.25) is 4.79 Å². The fraction of sp³-hybridized carbons (Fsp3) is 0.261. The highest BCUT2D eigenvalue weighted by molar-refractivity contribution is 5.93. The average molecular weight is 390 g/mol. The monoisotopic (exact) mass is 390 g/mol. The van der Waals surface area contributed by atoms with Gasteiger partial charge in [-0.05, 0) is 30.9 Å². The Morgan fingerprint density at radius 1 is 1.00 bits per heavy atom. The first-order valence-corrected chi connectivity index (χ1v) is 9.92. The molecule has 4 rings (SSSR count). The molecule has 1 aromatic heterocycles. The highest BCUT2D eigenvalue weighted by Crippen LogP contribution is 2.23. The van der Waals surface area contributed by atoms with E-state index in [4.69, 9.17) is 4.98 Å². The number of aromatic nitrogens is 2. The second-order valence-corrected chi connectivity index (χ2v) is 7.09. The van der Waals surface area contributed by atoms with Crippen LogP contribution in [0.5, 0.6) is 0 Å². The summed E-state index contributed by atoms with van der Waals surface area (Å²) in [6.07, 6.45) is 2.66. The van der Waals surface area contributed by atoms with Crippen LogP contribution in [0.1, 0.15) is 28.9 Å². The molecule has 5 nitrogen and oxygen atoms in total. The van der Waals surface area contributed by atoms with E-state index >= 15 is 0 Å². The van der Waals surface area contributed by atoms with Gasteiger partial charge in [0.05, 0.1) is 0 Å². The number of carbonyl (C=O) groups excluding carboxylic acids is 1. The van der Waals surface area contributed by atoms with E-state index < -0.39 is 0 Å². The number of nitrogens with zero attached hydrogens (tertiary/aromatic N) is 3. The topological polar surface area (TPSA) is 58.1 Å². The molecule has 2 heterocycles. The highest BCUT2D eigenvalue weighted by atomic mass is 19.1. The third-order valence-corrected chi connectivity index (χ3v) is 5.05. The molecule has 2 aromatic carbocycles. The number of anilines is 1. The van der Waals surface area contributed by atoms with E-state index in [-0.39, 0.29) is 11.7 Å². The molecule has 3 aromatic rings. The molecular formula is C23H23FN4O. The molecule has 0 radical (unpaired) electrons. The van der Waals surface area contributed by atoms with Crippen molar-refractivity contribution in [2.24, 2.45) is 0 Å². The normalized spacial score (nSPS) is 13.5. The lowest BCUT2D eigenvalue weighted by Crippen LogP contribution is -2.28. The molecule has 1 N–H and O–H groups in total. The maximum Gasteiger partial charge on any atom is 0.270 e. The molecule has 0 unspecified atom stereocenters. The van der Waals surface area contributed by atoms with Crippen LogP contribution >= 0.6 is 0 Å². The van der Waals surface area contributed by atoms with Crippen molar-refractivity contribution in [1.29, 1.82) is 0 Å². The van der Waals surface area contributed by atoms with Gasteiger partial charge in [0.25, 0.3) is 5.91 Å². The summed E-state index contributed by atoms with van der Waals surface area (Å²) < 4.78 is 13.8. The summed E-state index contributed by atoms with van der Waals surface area (Å²) in [5.74, 6) is 0.776.